The lowest BCUT2D eigenvalue weighted by atomic mass is 10.1. The number of aliphatic hydroxyl groups is 2. The van der Waals surface area contributed by atoms with E-state index in [1.54, 1.807) is 11.6 Å². The molecule has 0 fully saturated rings. The number of aromatic nitrogens is 1. The topological polar surface area (TPSA) is 70.4 Å². The summed E-state index contributed by atoms with van der Waals surface area (Å²) >= 11 is 2.49. The van der Waals surface area contributed by atoms with Gasteiger partial charge in [0.2, 0.25) is 0 Å². The summed E-state index contributed by atoms with van der Waals surface area (Å²) < 4.78 is 0.970. The van der Waals surface area contributed by atoms with E-state index in [1.165, 1.54) is 18.3 Å². The highest BCUT2D eigenvalue weighted by molar-refractivity contribution is 8.13. The molecule has 2 aromatic rings. The summed E-state index contributed by atoms with van der Waals surface area (Å²) in [6, 6.07) is 5.38. The Morgan fingerprint density at radius 2 is 2.28 bits per heavy atom. The fourth-order valence-electron chi connectivity index (χ4n) is 1.57. The third-order valence-corrected chi connectivity index (χ3v) is 4.23. The zero-order valence-corrected chi connectivity index (χ0v) is 11.4. The van der Waals surface area contributed by atoms with Crippen molar-refractivity contribution < 1.29 is 15.0 Å². The molecule has 1 heterocycles. The molecule has 0 aliphatic rings. The van der Waals surface area contributed by atoms with Gasteiger partial charge in [0, 0.05) is 12.7 Å². The lowest BCUT2D eigenvalue weighted by Crippen LogP contribution is -2.21. The smallest absolute Gasteiger partial charge is 0.185 e. The van der Waals surface area contributed by atoms with E-state index in [1.807, 2.05) is 12.1 Å². The van der Waals surface area contributed by atoms with Crippen LogP contribution in [0, 0.1) is 0 Å². The van der Waals surface area contributed by atoms with Gasteiger partial charge in [-0.15, -0.1) is 11.3 Å². The Kier molecular flexibility index (Phi) is 4.34. The number of thioether (sulfide) groups is 1. The second-order valence-electron chi connectivity index (χ2n) is 3.89. The van der Waals surface area contributed by atoms with Gasteiger partial charge in [-0.2, -0.15) is 0 Å². The lowest BCUT2D eigenvalue weighted by Gasteiger charge is -2.17. The number of fused-ring (bicyclic) bond motifs is 1. The number of rotatable bonds is 4. The van der Waals surface area contributed by atoms with Crippen LogP contribution in [0.2, 0.25) is 0 Å². The van der Waals surface area contributed by atoms with Crippen molar-refractivity contribution in [2.45, 2.75) is 19.1 Å². The zero-order chi connectivity index (χ0) is 13.1. The standard InChI is InChI=1S/C12H13NO3S2/c1-7(14)17-5-10(15)12(16)8-2-3-9-11(4-8)18-6-13-9/h2-4,6,10,12,15-16H,5H2,1H3. The van der Waals surface area contributed by atoms with Crippen LogP contribution >= 0.6 is 23.1 Å². The predicted molar refractivity (Wildman–Crippen MR) is 73.7 cm³/mol. The summed E-state index contributed by atoms with van der Waals surface area (Å²) in [5.74, 6) is 0.192. The number of carbonyl (C=O) groups excluding carboxylic acids is 1. The Bertz CT molecular complexity index is 555. The van der Waals surface area contributed by atoms with Crippen LogP contribution in [-0.2, 0) is 4.79 Å². The van der Waals surface area contributed by atoms with Crippen molar-refractivity contribution in [1.82, 2.24) is 4.98 Å². The summed E-state index contributed by atoms with van der Waals surface area (Å²) in [4.78, 5) is 15.0. The molecule has 0 spiro atoms. The van der Waals surface area contributed by atoms with E-state index in [0.717, 1.165) is 22.0 Å². The first kappa shape index (κ1) is 13.5. The molecule has 2 rings (SSSR count). The molecule has 1 aromatic heterocycles. The Morgan fingerprint density at radius 1 is 1.50 bits per heavy atom. The molecule has 18 heavy (non-hydrogen) atoms. The van der Waals surface area contributed by atoms with Gasteiger partial charge < -0.3 is 10.2 Å². The van der Waals surface area contributed by atoms with Crippen LogP contribution < -0.4 is 0 Å². The van der Waals surface area contributed by atoms with Crippen molar-refractivity contribution in [3.05, 3.63) is 29.3 Å². The fraction of sp³-hybridized carbons (Fsp3) is 0.333. The number of hydrogen-bond acceptors (Lipinski definition) is 6. The van der Waals surface area contributed by atoms with Crippen molar-refractivity contribution in [2.24, 2.45) is 0 Å². The van der Waals surface area contributed by atoms with Crippen LogP contribution in [0.3, 0.4) is 0 Å². The van der Waals surface area contributed by atoms with E-state index in [9.17, 15) is 15.0 Å². The van der Waals surface area contributed by atoms with Crippen LogP contribution in [-0.4, -0.2) is 32.2 Å². The number of benzene rings is 1. The number of carbonyl (C=O) groups is 1. The van der Waals surface area contributed by atoms with Crippen LogP contribution in [0.5, 0.6) is 0 Å². The van der Waals surface area contributed by atoms with Crippen molar-refractivity contribution in [2.75, 3.05) is 5.75 Å². The minimum Gasteiger partial charge on any atom is -0.389 e. The van der Waals surface area contributed by atoms with E-state index in [0.29, 0.717) is 5.56 Å². The molecular formula is C12H13NO3S2. The predicted octanol–water partition coefficient (Wildman–Crippen LogP) is 1.97. The summed E-state index contributed by atoms with van der Waals surface area (Å²) in [5.41, 5.74) is 3.26. The highest BCUT2D eigenvalue weighted by Gasteiger charge is 2.19. The van der Waals surface area contributed by atoms with Crippen molar-refractivity contribution in [3.63, 3.8) is 0 Å². The third-order valence-electron chi connectivity index (χ3n) is 2.52. The quantitative estimate of drug-likeness (QED) is 0.897. The van der Waals surface area contributed by atoms with Gasteiger partial charge in [-0.25, -0.2) is 4.98 Å². The molecule has 2 unspecified atom stereocenters. The normalized spacial score (nSPS) is 14.6. The van der Waals surface area contributed by atoms with E-state index >= 15 is 0 Å². The Labute approximate surface area is 113 Å². The van der Waals surface area contributed by atoms with E-state index < -0.39 is 12.2 Å². The number of hydrogen-bond donors (Lipinski definition) is 2. The molecule has 6 heteroatoms. The first-order valence-electron chi connectivity index (χ1n) is 5.40. The molecule has 2 atom stereocenters. The maximum absolute atomic E-state index is 10.8. The molecule has 0 saturated carbocycles. The molecular weight excluding hydrogens is 270 g/mol. The van der Waals surface area contributed by atoms with Gasteiger partial charge in [-0.3, -0.25) is 4.79 Å². The van der Waals surface area contributed by atoms with Crippen LogP contribution in [0.15, 0.2) is 23.7 Å². The third kappa shape index (κ3) is 3.08. The van der Waals surface area contributed by atoms with Gasteiger partial charge in [0.25, 0.3) is 0 Å². The van der Waals surface area contributed by atoms with Crippen molar-refractivity contribution >= 4 is 38.4 Å². The molecule has 0 aliphatic carbocycles. The van der Waals surface area contributed by atoms with Crippen LogP contribution in [0.25, 0.3) is 10.2 Å². The number of aliphatic hydroxyl groups excluding tert-OH is 2. The van der Waals surface area contributed by atoms with Gasteiger partial charge in [0.1, 0.15) is 6.10 Å². The van der Waals surface area contributed by atoms with E-state index in [4.69, 9.17) is 0 Å². The van der Waals surface area contributed by atoms with Gasteiger partial charge in [-0.1, -0.05) is 17.8 Å². The van der Waals surface area contributed by atoms with Crippen LogP contribution in [0.1, 0.15) is 18.6 Å². The SMILES string of the molecule is CC(=O)SCC(O)C(O)c1ccc2ncsc2c1. The molecule has 4 nitrogen and oxygen atoms in total. The van der Waals surface area contributed by atoms with E-state index in [2.05, 4.69) is 4.98 Å². The molecule has 1 aromatic carbocycles. The zero-order valence-electron chi connectivity index (χ0n) is 9.74. The second-order valence-corrected chi connectivity index (χ2v) is 5.98. The maximum Gasteiger partial charge on any atom is 0.185 e. The molecule has 2 N–H and O–H groups in total. The molecule has 0 radical (unpaired) electrons. The van der Waals surface area contributed by atoms with Gasteiger partial charge >= 0.3 is 0 Å². The highest BCUT2D eigenvalue weighted by atomic mass is 32.2. The van der Waals surface area contributed by atoms with Gasteiger partial charge in [0.05, 0.1) is 21.8 Å². The van der Waals surface area contributed by atoms with Crippen molar-refractivity contribution in [3.8, 4) is 0 Å². The minimum atomic E-state index is -0.983. The summed E-state index contributed by atoms with van der Waals surface area (Å²) in [6.07, 6.45) is -1.94. The van der Waals surface area contributed by atoms with Crippen LogP contribution in [0.4, 0.5) is 0 Å². The molecule has 0 aliphatic heterocycles. The second kappa shape index (κ2) is 5.79. The highest BCUT2D eigenvalue weighted by Crippen LogP contribution is 2.25. The average Bonchev–Trinajstić information content (AvgIpc) is 2.81. The fourth-order valence-corrected chi connectivity index (χ4v) is 2.88. The summed E-state index contributed by atoms with van der Waals surface area (Å²) in [7, 11) is 0. The summed E-state index contributed by atoms with van der Waals surface area (Å²) in [5, 5.41) is 19.7. The Morgan fingerprint density at radius 3 is 3.00 bits per heavy atom. The largest absolute Gasteiger partial charge is 0.389 e. The molecule has 0 amide bonds. The maximum atomic E-state index is 10.8. The minimum absolute atomic E-state index is 0.0702. The molecule has 96 valence electrons. The Balaban J connectivity index is 2.11. The van der Waals surface area contributed by atoms with Gasteiger partial charge in [0.15, 0.2) is 5.12 Å². The Hall–Kier alpha value is -0.950. The van der Waals surface area contributed by atoms with Crippen molar-refractivity contribution in [1.29, 1.82) is 0 Å². The van der Waals surface area contributed by atoms with Gasteiger partial charge in [-0.05, 0) is 17.7 Å². The van der Waals surface area contributed by atoms with E-state index in [-0.39, 0.29) is 10.9 Å². The first-order valence-corrected chi connectivity index (χ1v) is 7.27. The first-order chi connectivity index (χ1) is 8.58. The lowest BCUT2D eigenvalue weighted by molar-refractivity contribution is -0.109. The summed E-state index contributed by atoms with van der Waals surface area (Å²) in [6.45, 7) is 1.44. The number of nitrogens with zero attached hydrogens (tertiary/aromatic N) is 1. The molecule has 0 saturated heterocycles. The molecule has 0 bridgehead atoms. The monoisotopic (exact) mass is 283 g/mol. The number of thiazole rings is 1. The average molecular weight is 283 g/mol.